The quantitative estimate of drug-likeness (QED) is 0.835. The van der Waals surface area contributed by atoms with Crippen LogP contribution in [-0.2, 0) is 6.18 Å². The highest BCUT2D eigenvalue weighted by Gasteiger charge is 2.34. The summed E-state index contributed by atoms with van der Waals surface area (Å²) < 4.78 is 44.5. The van der Waals surface area contributed by atoms with E-state index in [1.807, 2.05) is 6.92 Å². The van der Waals surface area contributed by atoms with Crippen molar-refractivity contribution in [2.24, 2.45) is 0 Å². The molecule has 2 rings (SSSR count). The Morgan fingerprint density at radius 2 is 2.09 bits per heavy atom. The topological polar surface area (TPSA) is 45.9 Å². The summed E-state index contributed by atoms with van der Waals surface area (Å²) in [5, 5.41) is 8.78. The maximum Gasteiger partial charge on any atom is 0.417 e. The molecule has 0 saturated carbocycles. The fraction of sp³-hybridized carbons (Fsp3) is 0.250. The molecule has 0 bridgehead atoms. The summed E-state index contributed by atoms with van der Waals surface area (Å²) >= 11 is 0. The number of benzene rings is 1. The first kappa shape index (κ1) is 15.8. The average molecular weight is 306 g/mol. The van der Waals surface area contributed by atoms with Gasteiger partial charge in [-0.25, -0.2) is 0 Å². The van der Waals surface area contributed by atoms with Crippen molar-refractivity contribution in [2.45, 2.75) is 25.6 Å². The monoisotopic (exact) mass is 306 g/mol. The highest BCUT2D eigenvalue weighted by molar-refractivity contribution is 5.44. The summed E-state index contributed by atoms with van der Waals surface area (Å²) in [6, 6.07) is 8.43. The minimum Gasteiger partial charge on any atom is -0.486 e. The number of hydrogen-bond acceptors (Lipinski definition) is 3. The van der Waals surface area contributed by atoms with E-state index in [0.717, 1.165) is 17.7 Å². The molecule has 1 aromatic heterocycles. The van der Waals surface area contributed by atoms with Gasteiger partial charge in [0.05, 0.1) is 17.2 Å². The smallest absolute Gasteiger partial charge is 0.417 e. The Morgan fingerprint density at radius 1 is 1.32 bits per heavy atom. The number of aromatic nitrogens is 1. The van der Waals surface area contributed by atoms with Crippen LogP contribution >= 0.6 is 0 Å². The van der Waals surface area contributed by atoms with E-state index in [4.69, 9.17) is 10.00 Å². The Bertz CT molecular complexity index is 678. The third-order valence-electron chi connectivity index (χ3n) is 3.12. The molecule has 0 aliphatic heterocycles. The molecule has 1 heterocycles. The highest BCUT2D eigenvalue weighted by Crippen LogP contribution is 2.35. The molecule has 1 aromatic carbocycles. The predicted molar refractivity (Wildman–Crippen MR) is 74.1 cm³/mol. The maximum atomic E-state index is 12.9. The van der Waals surface area contributed by atoms with Crippen LogP contribution in [0.15, 0.2) is 42.7 Å². The van der Waals surface area contributed by atoms with E-state index in [9.17, 15) is 13.2 Å². The van der Waals surface area contributed by atoms with Crippen LogP contribution in [0.25, 0.3) is 0 Å². The van der Waals surface area contributed by atoms with Gasteiger partial charge in [0.25, 0.3) is 0 Å². The van der Waals surface area contributed by atoms with Crippen LogP contribution in [0.4, 0.5) is 13.2 Å². The van der Waals surface area contributed by atoms with Crippen LogP contribution < -0.4 is 4.74 Å². The molecule has 1 unspecified atom stereocenters. The Labute approximate surface area is 126 Å². The van der Waals surface area contributed by atoms with Crippen LogP contribution in [0.2, 0.25) is 0 Å². The maximum absolute atomic E-state index is 12.9. The molecule has 0 spiro atoms. The van der Waals surface area contributed by atoms with E-state index in [2.05, 4.69) is 4.98 Å². The van der Waals surface area contributed by atoms with Crippen molar-refractivity contribution in [1.29, 1.82) is 5.26 Å². The third-order valence-corrected chi connectivity index (χ3v) is 3.12. The Balaban J connectivity index is 2.32. The first-order valence-corrected chi connectivity index (χ1v) is 6.63. The molecule has 0 fully saturated rings. The summed E-state index contributed by atoms with van der Waals surface area (Å²) in [5.41, 5.74) is -0.634. The van der Waals surface area contributed by atoms with Crippen molar-refractivity contribution in [3.8, 4) is 11.8 Å². The van der Waals surface area contributed by atoms with Crippen molar-refractivity contribution in [3.05, 3.63) is 59.4 Å². The second-order valence-electron chi connectivity index (χ2n) is 4.62. The molecule has 3 nitrogen and oxygen atoms in total. The molecule has 6 heteroatoms. The minimum atomic E-state index is -4.60. The average Bonchev–Trinajstić information content (AvgIpc) is 2.52. The number of alkyl halides is 3. The molecule has 22 heavy (non-hydrogen) atoms. The lowest BCUT2D eigenvalue weighted by atomic mass is 10.1. The van der Waals surface area contributed by atoms with Crippen molar-refractivity contribution in [3.63, 3.8) is 0 Å². The Morgan fingerprint density at radius 3 is 2.64 bits per heavy atom. The molecule has 1 atom stereocenters. The predicted octanol–water partition coefficient (Wildman–Crippen LogP) is 4.50. The summed E-state index contributed by atoms with van der Waals surface area (Å²) in [5.74, 6) is 0.0713. The summed E-state index contributed by atoms with van der Waals surface area (Å²) in [7, 11) is 0. The zero-order chi connectivity index (χ0) is 16.2. The molecule has 2 aromatic rings. The Hall–Kier alpha value is -2.55. The highest BCUT2D eigenvalue weighted by atomic mass is 19.4. The van der Waals surface area contributed by atoms with Crippen LogP contribution in [-0.4, -0.2) is 4.98 Å². The van der Waals surface area contributed by atoms with E-state index in [1.165, 1.54) is 6.07 Å². The molecule has 0 aliphatic rings. The van der Waals surface area contributed by atoms with Gasteiger partial charge in [-0.3, -0.25) is 4.98 Å². The summed E-state index contributed by atoms with van der Waals surface area (Å²) in [4.78, 5) is 3.98. The normalized spacial score (nSPS) is 12.5. The van der Waals surface area contributed by atoms with Gasteiger partial charge in [-0.2, -0.15) is 18.4 Å². The van der Waals surface area contributed by atoms with Gasteiger partial charge in [-0.15, -0.1) is 0 Å². The van der Waals surface area contributed by atoms with E-state index >= 15 is 0 Å². The van der Waals surface area contributed by atoms with Crippen molar-refractivity contribution < 1.29 is 17.9 Å². The van der Waals surface area contributed by atoms with Gasteiger partial charge in [-0.1, -0.05) is 13.0 Å². The molecular weight excluding hydrogens is 293 g/mol. The first-order chi connectivity index (χ1) is 10.5. The zero-order valence-electron chi connectivity index (χ0n) is 11.8. The van der Waals surface area contributed by atoms with Crippen LogP contribution in [0.3, 0.4) is 0 Å². The van der Waals surface area contributed by atoms with Crippen LogP contribution in [0, 0.1) is 11.3 Å². The number of nitrogens with zero attached hydrogens (tertiary/aromatic N) is 2. The van der Waals surface area contributed by atoms with Crippen molar-refractivity contribution in [2.75, 3.05) is 0 Å². The van der Waals surface area contributed by atoms with Gasteiger partial charge >= 0.3 is 6.18 Å². The number of rotatable bonds is 4. The van der Waals surface area contributed by atoms with E-state index in [0.29, 0.717) is 6.42 Å². The van der Waals surface area contributed by atoms with Crippen LogP contribution in [0.1, 0.15) is 36.1 Å². The van der Waals surface area contributed by atoms with E-state index in [1.54, 1.807) is 30.6 Å². The fourth-order valence-electron chi connectivity index (χ4n) is 2.05. The lowest BCUT2D eigenvalue weighted by molar-refractivity contribution is -0.137. The van der Waals surface area contributed by atoms with Gasteiger partial charge in [0.2, 0.25) is 0 Å². The van der Waals surface area contributed by atoms with Gasteiger partial charge in [0.15, 0.2) is 0 Å². The van der Waals surface area contributed by atoms with E-state index < -0.39 is 23.4 Å². The molecule has 0 saturated heterocycles. The molecule has 0 aliphatic carbocycles. The second kappa shape index (κ2) is 6.48. The standard InChI is InChI=1S/C16H13F3N2O/c1-2-15(12-4-3-7-21-10-12)22-13-6-5-11(9-20)14(8-13)16(17,18)19/h3-8,10,15H,2H2,1H3. The molecule has 0 radical (unpaired) electrons. The number of nitriles is 1. The summed E-state index contributed by atoms with van der Waals surface area (Å²) in [6.07, 6.45) is -1.20. The summed E-state index contributed by atoms with van der Waals surface area (Å²) in [6.45, 7) is 1.87. The number of ether oxygens (including phenoxy) is 1. The molecule has 0 N–H and O–H groups in total. The number of hydrogen-bond donors (Lipinski definition) is 0. The minimum absolute atomic E-state index is 0.0713. The number of halogens is 3. The first-order valence-electron chi connectivity index (χ1n) is 6.63. The Kier molecular flexibility index (Phi) is 4.66. The van der Waals surface area contributed by atoms with Gasteiger partial charge in [0, 0.05) is 18.0 Å². The molecular formula is C16H13F3N2O. The molecule has 114 valence electrons. The van der Waals surface area contributed by atoms with Gasteiger partial charge < -0.3 is 4.74 Å². The second-order valence-corrected chi connectivity index (χ2v) is 4.62. The zero-order valence-corrected chi connectivity index (χ0v) is 11.8. The lowest BCUT2D eigenvalue weighted by Gasteiger charge is -2.19. The lowest BCUT2D eigenvalue weighted by Crippen LogP contribution is -2.10. The van der Waals surface area contributed by atoms with Crippen molar-refractivity contribution in [1.82, 2.24) is 4.98 Å². The van der Waals surface area contributed by atoms with Gasteiger partial charge in [0.1, 0.15) is 11.9 Å². The third kappa shape index (κ3) is 3.55. The van der Waals surface area contributed by atoms with E-state index in [-0.39, 0.29) is 5.75 Å². The molecule has 0 amide bonds. The fourth-order valence-corrected chi connectivity index (χ4v) is 2.05. The largest absolute Gasteiger partial charge is 0.486 e. The van der Waals surface area contributed by atoms with Crippen molar-refractivity contribution >= 4 is 0 Å². The van der Waals surface area contributed by atoms with Crippen LogP contribution in [0.5, 0.6) is 5.75 Å². The SMILES string of the molecule is CCC(Oc1ccc(C#N)c(C(F)(F)F)c1)c1cccnc1. The number of pyridine rings is 1. The van der Waals surface area contributed by atoms with Gasteiger partial charge in [-0.05, 0) is 30.7 Å².